The van der Waals surface area contributed by atoms with Crippen molar-refractivity contribution in [2.75, 3.05) is 7.11 Å². The number of hydrogen-bond acceptors (Lipinski definition) is 1. The number of allylic oxidation sites excluding steroid dienone is 1. The summed E-state index contributed by atoms with van der Waals surface area (Å²) in [6, 6.07) is 0. The molecular weight excluding hydrogens is 136 g/mol. The second-order valence-electron chi connectivity index (χ2n) is 4.04. The fourth-order valence-corrected chi connectivity index (χ4v) is 2.35. The van der Waals surface area contributed by atoms with Crippen molar-refractivity contribution in [1.29, 1.82) is 0 Å². The molecule has 0 radical (unpaired) electrons. The Morgan fingerprint density at radius 1 is 1.45 bits per heavy atom. The summed E-state index contributed by atoms with van der Waals surface area (Å²) in [6.07, 6.45) is 8.59. The first kappa shape index (κ1) is 7.35. The Kier molecular flexibility index (Phi) is 1.57. The van der Waals surface area contributed by atoms with Crippen LogP contribution in [0.1, 0.15) is 26.2 Å². The van der Waals surface area contributed by atoms with Crippen LogP contribution in [0, 0.1) is 11.8 Å². The highest BCUT2D eigenvalue weighted by atomic mass is 16.5. The van der Waals surface area contributed by atoms with Crippen LogP contribution >= 0.6 is 0 Å². The van der Waals surface area contributed by atoms with E-state index in [1.165, 1.54) is 19.3 Å². The Labute approximate surface area is 68.4 Å². The third-order valence-corrected chi connectivity index (χ3v) is 3.43. The van der Waals surface area contributed by atoms with Crippen LogP contribution in [0.15, 0.2) is 12.2 Å². The molecule has 62 valence electrons. The molecule has 3 atom stereocenters. The van der Waals surface area contributed by atoms with E-state index in [4.69, 9.17) is 4.74 Å². The van der Waals surface area contributed by atoms with Gasteiger partial charge in [-0.05, 0) is 32.1 Å². The van der Waals surface area contributed by atoms with Crippen molar-refractivity contribution in [2.24, 2.45) is 11.8 Å². The summed E-state index contributed by atoms with van der Waals surface area (Å²) in [5.41, 5.74) is 0.142. The van der Waals surface area contributed by atoms with E-state index >= 15 is 0 Å². The molecule has 1 fully saturated rings. The molecule has 0 spiro atoms. The molecule has 1 nitrogen and oxygen atoms in total. The smallest absolute Gasteiger partial charge is 0.0713 e. The van der Waals surface area contributed by atoms with Crippen LogP contribution < -0.4 is 0 Å². The van der Waals surface area contributed by atoms with E-state index in [0.29, 0.717) is 5.92 Å². The quantitative estimate of drug-likeness (QED) is 0.524. The van der Waals surface area contributed by atoms with Crippen LogP contribution in [-0.4, -0.2) is 12.7 Å². The first-order valence-corrected chi connectivity index (χ1v) is 4.48. The Morgan fingerprint density at radius 3 is 3.00 bits per heavy atom. The zero-order chi connectivity index (χ0) is 7.90. The van der Waals surface area contributed by atoms with Crippen LogP contribution in [0.2, 0.25) is 0 Å². The molecule has 2 rings (SSSR count). The van der Waals surface area contributed by atoms with Crippen molar-refractivity contribution in [3.63, 3.8) is 0 Å². The normalized spacial score (nSPS) is 48.2. The number of methoxy groups -OCH3 is 1. The van der Waals surface area contributed by atoms with E-state index in [9.17, 15) is 0 Å². The molecule has 2 aliphatic carbocycles. The maximum absolute atomic E-state index is 5.56. The van der Waals surface area contributed by atoms with Gasteiger partial charge in [0, 0.05) is 13.0 Å². The molecule has 1 heteroatoms. The average Bonchev–Trinajstić information content (AvgIpc) is 2.44. The molecule has 2 aliphatic rings. The van der Waals surface area contributed by atoms with E-state index in [1.54, 1.807) is 0 Å². The summed E-state index contributed by atoms with van der Waals surface area (Å²) in [6.45, 7) is 2.24. The van der Waals surface area contributed by atoms with Crippen molar-refractivity contribution >= 4 is 0 Å². The number of hydrogen-bond donors (Lipinski definition) is 0. The Balaban J connectivity index is 2.18. The zero-order valence-electron chi connectivity index (χ0n) is 7.34. The highest BCUT2D eigenvalue weighted by Crippen LogP contribution is 2.44. The van der Waals surface area contributed by atoms with Gasteiger partial charge < -0.3 is 4.74 Å². The molecule has 0 heterocycles. The van der Waals surface area contributed by atoms with Crippen molar-refractivity contribution < 1.29 is 4.74 Å². The van der Waals surface area contributed by atoms with Crippen LogP contribution in [0.25, 0.3) is 0 Å². The predicted molar refractivity (Wildman–Crippen MR) is 45.4 cm³/mol. The Hall–Kier alpha value is -0.300. The molecule has 0 saturated heterocycles. The summed E-state index contributed by atoms with van der Waals surface area (Å²) in [5, 5.41) is 0. The lowest BCUT2D eigenvalue weighted by Crippen LogP contribution is -2.38. The number of rotatable bonds is 1. The fraction of sp³-hybridized carbons (Fsp3) is 0.800. The standard InChI is InChI=1S/C10H16O/c1-10(11-2)6-5-8-3-4-9(10)7-8/h3-4,8-9H,5-7H2,1-2H3/t8-,9-,10+/m0/s1. The monoisotopic (exact) mass is 152 g/mol. The number of fused-ring (bicyclic) bond motifs is 2. The zero-order valence-corrected chi connectivity index (χ0v) is 7.34. The van der Waals surface area contributed by atoms with Crippen molar-refractivity contribution in [1.82, 2.24) is 0 Å². The van der Waals surface area contributed by atoms with Gasteiger partial charge >= 0.3 is 0 Å². The minimum atomic E-state index is 0.142. The van der Waals surface area contributed by atoms with Gasteiger partial charge in [0.2, 0.25) is 0 Å². The predicted octanol–water partition coefficient (Wildman–Crippen LogP) is 2.38. The first-order chi connectivity index (χ1) is 5.24. The summed E-state index contributed by atoms with van der Waals surface area (Å²) in [4.78, 5) is 0. The molecule has 0 amide bonds. The van der Waals surface area contributed by atoms with E-state index < -0.39 is 0 Å². The summed E-state index contributed by atoms with van der Waals surface area (Å²) in [7, 11) is 1.84. The van der Waals surface area contributed by atoms with Crippen LogP contribution in [0.5, 0.6) is 0 Å². The Morgan fingerprint density at radius 2 is 2.27 bits per heavy atom. The highest BCUT2D eigenvalue weighted by molar-refractivity contribution is 5.11. The van der Waals surface area contributed by atoms with Crippen LogP contribution in [-0.2, 0) is 4.74 Å². The highest BCUT2D eigenvalue weighted by Gasteiger charge is 2.40. The van der Waals surface area contributed by atoms with Gasteiger partial charge in [0.25, 0.3) is 0 Å². The average molecular weight is 152 g/mol. The van der Waals surface area contributed by atoms with E-state index in [-0.39, 0.29) is 5.60 Å². The molecule has 1 saturated carbocycles. The molecule has 0 aromatic carbocycles. The van der Waals surface area contributed by atoms with Gasteiger partial charge in [-0.25, -0.2) is 0 Å². The van der Waals surface area contributed by atoms with Crippen LogP contribution in [0.4, 0.5) is 0 Å². The molecule has 0 aromatic rings. The topological polar surface area (TPSA) is 9.23 Å². The first-order valence-electron chi connectivity index (χ1n) is 4.48. The molecule has 0 aromatic heterocycles. The second-order valence-corrected chi connectivity index (χ2v) is 4.04. The van der Waals surface area contributed by atoms with Crippen molar-refractivity contribution in [3.8, 4) is 0 Å². The van der Waals surface area contributed by atoms with Crippen molar-refractivity contribution in [2.45, 2.75) is 31.8 Å². The molecule has 0 aliphatic heterocycles. The lowest BCUT2D eigenvalue weighted by Gasteiger charge is -2.38. The summed E-state index contributed by atoms with van der Waals surface area (Å²) >= 11 is 0. The largest absolute Gasteiger partial charge is 0.378 e. The molecule has 11 heavy (non-hydrogen) atoms. The molecule has 0 N–H and O–H groups in total. The molecular formula is C10H16O. The lowest BCUT2D eigenvalue weighted by atomic mass is 9.76. The summed E-state index contributed by atoms with van der Waals surface area (Å²) in [5.74, 6) is 1.55. The van der Waals surface area contributed by atoms with Gasteiger partial charge in [0.1, 0.15) is 0 Å². The maximum Gasteiger partial charge on any atom is 0.0713 e. The minimum Gasteiger partial charge on any atom is -0.378 e. The van der Waals surface area contributed by atoms with Crippen LogP contribution in [0.3, 0.4) is 0 Å². The van der Waals surface area contributed by atoms with Gasteiger partial charge in [-0.1, -0.05) is 12.2 Å². The van der Waals surface area contributed by atoms with Gasteiger partial charge in [-0.2, -0.15) is 0 Å². The van der Waals surface area contributed by atoms with Gasteiger partial charge in [0.05, 0.1) is 5.60 Å². The van der Waals surface area contributed by atoms with Gasteiger partial charge in [-0.15, -0.1) is 0 Å². The molecule has 0 unspecified atom stereocenters. The molecule has 2 bridgehead atoms. The third-order valence-electron chi connectivity index (χ3n) is 3.43. The van der Waals surface area contributed by atoms with E-state index in [1.807, 2.05) is 7.11 Å². The Bertz CT molecular complexity index is 185. The van der Waals surface area contributed by atoms with E-state index in [0.717, 1.165) is 5.92 Å². The minimum absolute atomic E-state index is 0.142. The van der Waals surface area contributed by atoms with Crippen molar-refractivity contribution in [3.05, 3.63) is 12.2 Å². The lowest BCUT2D eigenvalue weighted by molar-refractivity contribution is -0.0538. The van der Waals surface area contributed by atoms with Gasteiger partial charge in [-0.3, -0.25) is 0 Å². The SMILES string of the molecule is CO[C@]1(C)CC[C@@H]2C=C[C@H]1C2. The maximum atomic E-state index is 5.56. The second kappa shape index (κ2) is 2.34. The van der Waals surface area contributed by atoms with Gasteiger partial charge in [0.15, 0.2) is 0 Å². The number of ether oxygens (including phenoxy) is 1. The van der Waals surface area contributed by atoms with E-state index in [2.05, 4.69) is 19.1 Å². The fourth-order valence-electron chi connectivity index (χ4n) is 2.35. The third kappa shape index (κ3) is 1.02. The summed E-state index contributed by atoms with van der Waals surface area (Å²) < 4.78 is 5.56.